The Balaban J connectivity index is 2.25. The van der Waals surface area contributed by atoms with Crippen molar-refractivity contribution in [1.29, 1.82) is 0 Å². The molecule has 1 fully saturated rings. The molecule has 0 bridgehead atoms. The predicted octanol–water partition coefficient (Wildman–Crippen LogP) is 2.35. The highest BCUT2D eigenvalue weighted by Gasteiger charge is 2.28. The van der Waals surface area contributed by atoms with E-state index < -0.39 is 23.7 Å². The highest BCUT2D eigenvalue weighted by Crippen LogP contribution is 2.34. The maximum absolute atomic E-state index is 13.8. The van der Waals surface area contributed by atoms with Crippen LogP contribution in [-0.2, 0) is 9.53 Å². The van der Waals surface area contributed by atoms with Crippen molar-refractivity contribution in [2.75, 3.05) is 13.2 Å². The Labute approximate surface area is 115 Å². The van der Waals surface area contributed by atoms with Gasteiger partial charge in [-0.25, -0.2) is 13.6 Å². The lowest BCUT2D eigenvalue weighted by Crippen LogP contribution is -2.17. The smallest absolute Gasteiger partial charge is 0.339 e. The first kappa shape index (κ1) is 14.7. The van der Waals surface area contributed by atoms with Gasteiger partial charge in [0, 0.05) is 11.6 Å². The molecule has 4 nitrogen and oxygen atoms in total. The van der Waals surface area contributed by atoms with Gasteiger partial charge >= 0.3 is 5.97 Å². The van der Waals surface area contributed by atoms with Crippen molar-refractivity contribution < 1.29 is 28.2 Å². The third-order valence-electron chi connectivity index (χ3n) is 3.00. The van der Waals surface area contributed by atoms with Crippen LogP contribution in [0.25, 0.3) is 0 Å². The lowest BCUT2D eigenvalue weighted by Gasteiger charge is -2.16. The molecule has 0 amide bonds. The molecule has 0 spiro atoms. The van der Waals surface area contributed by atoms with Crippen LogP contribution in [-0.4, -0.2) is 24.3 Å². The molecule has 0 aliphatic heterocycles. The van der Waals surface area contributed by atoms with Gasteiger partial charge in [-0.3, -0.25) is 0 Å². The van der Waals surface area contributed by atoms with E-state index in [1.54, 1.807) is 6.92 Å². The van der Waals surface area contributed by atoms with Crippen molar-refractivity contribution in [3.05, 3.63) is 29.3 Å². The minimum absolute atomic E-state index is 0.0615. The zero-order chi connectivity index (χ0) is 14.7. The molecule has 1 saturated carbocycles. The second kappa shape index (κ2) is 6.17. The number of hydrogen-bond acceptors (Lipinski definition) is 4. The van der Waals surface area contributed by atoms with Gasteiger partial charge in [-0.1, -0.05) is 0 Å². The number of benzene rings is 1. The van der Waals surface area contributed by atoms with Crippen LogP contribution in [0.15, 0.2) is 12.1 Å². The van der Waals surface area contributed by atoms with Crippen LogP contribution in [0.1, 0.15) is 31.4 Å². The summed E-state index contributed by atoms with van der Waals surface area (Å²) in [7, 11) is 0. The summed E-state index contributed by atoms with van der Waals surface area (Å²) in [6.45, 7) is 1.92. The lowest BCUT2D eigenvalue weighted by molar-refractivity contribution is -0.153. The van der Waals surface area contributed by atoms with Gasteiger partial charge in [0.15, 0.2) is 17.7 Å². The van der Waals surface area contributed by atoms with E-state index in [9.17, 15) is 18.7 Å². The first-order valence-electron chi connectivity index (χ1n) is 6.49. The van der Waals surface area contributed by atoms with Crippen LogP contribution >= 0.6 is 0 Å². The van der Waals surface area contributed by atoms with E-state index in [-0.39, 0.29) is 24.5 Å². The zero-order valence-electron chi connectivity index (χ0n) is 11.1. The Morgan fingerprint density at radius 2 is 2.15 bits per heavy atom. The van der Waals surface area contributed by atoms with Gasteiger partial charge in [-0.05, 0) is 31.7 Å². The summed E-state index contributed by atoms with van der Waals surface area (Å²) in [5, 5.41) is 9.84. The molecule has 20 heavy (non-hydrogen) atoms. The average Bonchev–Trinajstić information content (AvgIpc) is 3.20. The summed E-state index contributed by atoms with van der Waals surface area (Å²) in [4.78, 5) is 11.5. The monoisotopic (exact) mass is 286 g/mol. The first-order valence-corrected chi connectivity index (χ1v) is 6.49. The van der Waals surface area contributed by atoms with Crippen LogP contribution in [0, 0.1) is 17.6 Å². The lowest BCUT2D eigenvalue weighted by atomic mass is 10.1. The van der Waals surface area contributed by atoms with Crippen LogP contribution in [0.2, 0.25) is 0 Å². The molecular formula is C14H16F2O4. The van der Waals surface area contributed by atoms with E-state index in [0.717, 1.165) is 18.9 Å². The molecule has 2 rings (SSSR count). The number of halogens is 2. The molecule has 6 heteroatoms. The van der Waals surface area contributed by atoms with Crippen molar-refractivity contribution in [3.63, 3.8) is 0 Å². The minimum atomic E-state index is -1.77. The molecular weight excluding hydrogens is 270 g/mol. The number of esters is 1. The van der Waals surface area contributed by atoms with Crippen LogP contribution < -0.4 is 4.74 Å². The zero-order valence-corrected chi connectivity index (χ0v) is 11.1. The number of carbonyl (C=O) groups is 1. The van der Waals surface area contributed by atoms with Gasteiger partial charge in [0.1, 0.15) is 5.82 Å². The number of aliphatic hydroxyl groups excluding tert-OH is 1. The van der Waals surface area contributed by atoms with E-state index in [0.29, 0.717) is 12.0 Å². The molecule has 1 atom stereocenters. The van der Waals surface area contributed by atoms with Crippen LogP contribution in [0.4, 0.5) is 8.78 Å². The fourth-order valence-electron chi connectivity index (χ4n) is 1.77. The van der Waals surface area contributed by atoms with E-state index >= 15 is 0 Å². The SMILES string of the molecule is CCOC(=O)C(O)c1cc(F)cc(F)c1OCC1CC1. The van der Waals surface area contributed by atoms with E-state index in [1.165, 1.54) is 0 Å². The maximum Gasteiger partial charge on any atom is 0.339 e. The van der Waals surface area contributed by atoms with Crippen LogP contribution in [0.3, 0.4) is 0 Å². The fourth-order valence-corrected chi connectivity index (χ4v) is 1.77. The highest BCUT2D eigenvalue weighted by molar-refractivity contribution is 5.77. The maximum atomic E-state index is 13.8. The van der Waals surface area contributed by atoms with Crippen molar-refractivity contribution in [2.24, 2.45) is 5.92 Å². The summed E-state index contributed by atoms with van der Waals surface area (Å²) in [6, 6.07) is 1.54. The second-order valence-corrected chi connectivity index (χ2v) is 4.71. The molecule has 0 aromatic heterocycles. The Morgan fingerprint density at radius 3 is 2.75 bits per heavy atom. The van der Waals surface area contributed by atoms with Crippen molar-refractivity contribution in [3.8, 4) is 5.75 Å². The summed E-state index contributed by atoms with van der Waals surface area (Å²) in [5.74, 6) is -2.73. The fraction of sp³-hybridized carbons (Fsp3) is 0.500. The quantitative estimate of drug-likeness (QED) is 0.816. The Morgan fingerprint density at radius 1 is 1.45 bits per heavy atom. The summed E-state index contributed by atoms with van der Waals surface area (Å²) in [5.41, 5.74) is -0.249. The third kappa shape index (κ3) is 3.45. The van der Waals surface area contributed by atoms with Crippen molar-refractivity contribution in [2.45, 2.75) is 25.9 Å². The van der Waals surface area contributed by atoms with E-state index in [4.69, 9.17) is 4.74 Å². The van der Waals surface area contributed by atoms with E-state index in [2.05, 4.69) is 4.74 Å². The number of aliphatic hydroxyl groups is 1. The first-order chi connectivity index (χ1) is 9.52. The minimum Gasteiger partial charge on any atom is -0.490 e. The topological polar surface area (TPSA) is 55.8 Å². The molecule has 1 aliphatic carbocycles. The molecule has 1 N–H and O–H groups in total. The van der Waals surface area contributed by atoms with Crippen molar-refractivity contribution in [1.82, 2.24) is 0 Å². The molecule has 1 unspecified atom stereocenters. The molecule has 1 aromatic carbocycles. The summed E-state index contributed by atoms with van der Waals surface area (Å²) >= 11 is 0. The molecule has 0 radical (unpaired) electrons. The largest absolute Gasteiger partial charge is 0.490 e. The van der Waals surface area contributed by atoms with Gasteiger partial charge in [-0.2, -0.15) is 0 Å². The van der Waals surface area contributed by atoms with E-state index in [1.807, 2.05) is 0 Å². The Hall–Kier alpha value is -1.69. The summed E-state index contributed by atoms with van der Waals surface area (Å²) in [6.07, 6.45) is 0.228. The molecule has 0 heterocycles. The van der Waals surface area contributed by atoms with Crippen molar-refractivity contribution >= 4 is 5.97 Å². The van der Waals surface area contributed by atoms with Gasteiger partial charge in [-0.15, -0.1) is 0 Å². The molecule has 1 aliphatic rings. The molecule has 0 saturated heterocycles. The standard InChI is InChI=1S/C14H16F2O4/c1-2-19-14(18)12(17)10-5-9(15)6-11(16)13(10)20-7-8-3-4-8/h5-6,8,12,17H,2-4,7H2,1H3. The Bertz CT molecular complexity index is 500. The molecule has 1 aromatic rings. The third-order valence-corrected chi connectivity index (χ3v) is 3.00. The Kier molecular flexibility index (Phi) is 4.54. The predicted molar refractivity (Wildman–Crippen MR) is 66.2 cm³/mol. The van der Waals surface area contributed by atoms with Gasteiger partial charge in [0.25, 0.3) is 0 Å². The molecule has 110 valence electrons. The normalized spacial score (nSPS) is 15.8. The second-order valence-electron chi connectivity index (χ2n) is 4.71. The summed E-state index contributed by atoms with van der Waals surface area (Å²) < 4.78 is 37.0. The average molecular weight is 286 g/mol. The number of ether oxygens (including phenoxy) is 2. The van der Waals surface area contributed by atoms with Gasteiger partial charge < -0.3 is 14.6 Å². The van der Waals surface area contributed by atoms with Gasteiger partial charge in [0.05, 0.1) is 13.2 Å². The number of carbonyl (C=O) groups excluding carboxylic acids is 1. The number of rotatable bonds is 6. The van der Waals surface area contributed by atoms with Crippen LogP contribution in [0.5, 0.6) is 5.75 Å². The number of hydrogen-bond donors (Lipinski definition) is 1. The highest BCUT2D eigenvalue weighted by atomic mass is 19.1. The van der Waals surface area contributed by atoms with Gasteiger partial charge in [0.2, 0.25) is 0 Å².